The Morgan fingerprint density at radius 2 is 1.61 bits per heavy atom. The molecule has 2 nitrogen and oxygen atoms in total. The Kier molecular flexibility index (Phi) is 4.05. The van der Waals surface area contributed by atoms with Crippen LogP contribution in [0.15, 0.2) is 45.3 Å². The van der Waals surface area contributed by atoms with E-state index in [4.69, 9.17) is 5.26 Å². The van der Waals surface area contributed by atoms with Gasteiger partial charge in [0.05, 0.1) is 11.3 Å². The summed E-state index contributed by atoms with van der Waals surface area (Å²) in [6.07, 6.45) is 0. The van der Waals surface area contributed by atoms with Crippen LogP contribution in [0.4, 0.5) is 11.4 Å². The quantitative estimate of drug-likeness (QED) is 0.800. The summed E-state index contributed by atoms with van der Waals surface area (Å²) in [5.74, 6) is 0. The van der Waals surface area contributed by atoms with Gasteiger partial charge in [0.2, 0.25) is 0 Å². The molecule has 1 N–H and O–H groups in total. The van der Waals surface area contributed by atoms with E-state index < -0.39 is 0 Å². The summed E-state index contributed by atoms with van der Waals surface area (Å²) in [7, 11) is 0. The van der Waals surface area contributed by atoms with Gasteiger partial charge in [-0.25, -0.2) is 0 Å². The first-order valence-corrected chi connectivity index (χ1v) is 6.91. The maximum atomic E-state index is 9.12. The van der Waals surface area contributed by atoms with Gasteiger partial charge in [-0.2, -0.15) is 5.26 Å². The van der Waals surface area contributed by atoms with Gasteiger partial charge in [0.25, 0.3) is 0 Å². The fourth-order valence-electron chi connectivity index (χ4n) is 1.63. The summed E-state index contributed by atoms with van der Waals surface area (Å²) in [5, 5.41) is 12.4. The molecule has 0 aromatic heterocycles. The molecular weight excluding hydrogens is 356 g/mol. The smallest absolute Gasteiger partial charge is 0.101 e. The number of hydrogen-bond donors (Lipinski definition) is 1. The molecule has 0 amide bonds. The molecule has 0 radical (unpaired) electrons. The van der Waals surface area contributed by atoms with Crippen molar-refractivity contribution in [3.8, 4) is 6.07 Å². The lowest BCUT2D eigenvalue weighted by Gasteiger charge is -2.11. The van der Waals surface area contributed by atoms with Crippen molar-refractivity contribution in [2.75, 3.05) is 5.32 Å². The number of nitrogens with one attached hydrogen (secondary N) is 1. The van der Waals surface area contributed by atoms with E-state index in [1.54, 1.807) is 6.07 Å². The number of hydrogen-bond acceptors (Lipinski definition) is 2. The highest BCUT2D eigenvalue weighted by Crippen LogP contribution is 2.27. The summed E-state index contributed by atoms with van der Waals surface area (Å²) in [6, 6.07) is 13.8. The van der Waals surface area contributed by atoms with Crippen molar-refractivity contribution >= 4 is 43.2 Å². The lowest BCUT2D eigenvalue weighted by Crippen LogP contribution is -1.95. The summed E-state index contributed by atoms with van der Waals surface area (Å²) in [4.78, 5) is 0. The zero-order valence-corrected chi connectivity index (χ0v) is 12.8. The lowest BCUT2D eigenvalue weighted by atomic mass is 10.1. The topological polar surface area (TPSA) is 35.8 Å². The number of aryl methyl sites for hydroxylation is 1. The van der Waals surface area contributed by atoms with E-state index in [1.807, 2.05) is 37.3 Å². The standard InChI is InChI=1S/C14H10Br2N2/c1-9-6-11(15)2-4-13(9)18-14-5-3-12(16)7-10(14)8-17/h2-7,18H,1H3. The van der Waals surface area contributed by atoms with E-state index in [0.29, 0.717) is 5.56 Å². The minimum absolute atomic E-state index is 0.617. The summed E-state index contributed by atoms with van der Waals surface area (Å²) < 4.78 is 1.94. The van der Waals surface area contributed by atoms with Crippen LogP contribution in [0.3, 0.4) is 0 Å². The number of rotatable bonds is 2. The van der Waals surface area contributed by atoms with Crippen LogP contribution >= 0.6 is 31.9 Å². The number of benzene rings is 2. The second-order valence-electron chi connectivity index (χ2n) is 3.89. The van der Waals surface area contributed by atoms with Gasteiger partial charge < -0.3 is 5.32 Å². The van der Waals surface area contributed by atoms with Crippen molar-refractivity contribution in [3.63, 3.8) is 0 Å². The highest BCUT2D eigenvalue weighted by atomic mass is 79.9. The van der Waals surface area contributed by atoms with E-state index in [1.165, 1.54) is 0 Å². The molecule has 4 heteroatoms. The average Bonchev–Trinajstić information content (AvgIpc) is 2.34. The van der Waals surface area contributed by atoms with Gasteiger partial charge in [-0.15, -0.1) is 0 Å². The fourth-order valence-corrected chi connectivity index (χ4v) is 2.47. The minimum Gasteiger partial charge on any atom is -0.354 e. The molecule has 0 unspecified atom stereocenters. The van der Waals surface area contributed by atoms with Crippen molar-refractivity contribution in [1.82, 2.24) is 0 Å². The van der Waals surface area contributed by atoms with Crippen molar-refractivity contribution in [2.24, 2.45) is 0 Å². The van der Waals surface area contributed by atoms with Crippen LogP contribution in [0, 0.1) is 18.3 Å². The van der Waals surface area contributed by atoms with Crippen LogP contribution in [-0.2, 0) is 0 Å². The first-order valence-electron chi connectivity index (χ1n) is 5.33. The van der Waals surface area contributed by atoms with Crippen molar-refractivity contribution in [2.45, 2.75) is 6.92 Å². The number of anilines is 2. The van der Waals surface area contributed by atoms with E-state index in [2.05, 4.69) is 43.2 Å². The molecule has 0 heterocycles. The summed E-state index contributed by atoms with van der Waals surface area (Å²) in [5.41, 5.74) is 3.55. The lowest BCUT2D eigenvalue weighted by molar-refractivity contribution is 1.40. The Morgan fingerprint density at radius 1 is 1.00 bits per heavy atom. The Hall–Kier alpha value is -1.31. The Labute approximate surface area is 123 Å². The second-order valence-corrected chi connectivity index (χ2v) is 5.72. The molecular formula is C14H10Br2N2. The summed E-state index contributed by atoms with van der Waals surface area (Å²) >= 11 is 6.79. The molecule has 0 saturated heterocycles. The number of nitrogens with zero attached hydrogens (tertiary/aromatic N) is 1. The van der Waals surface area contributed by atoms with Crippen molar-refractivity contribution < 1.29 is 0 Å². The van der Waals surface area contributed by atoms with Crippen LogP contribution in [0.2, 0.25) is 0 Å². The molecule has 0 atom stereocenters. The van der Waals surface area contributed by atoms with Gasteiger partial charge in [-0.3, -0.25) is 0 Å². The Bertz CT molecular complexity index is 630. The fraction of sp³-hybridized carbons (Fsp3) is 0.0714. The molecule has 2 aromatic carbocycles. The molecule has 0 saturated carbocycles. The molecule has 0 bridgehead atoms. The molecule has 0 spiro atoms. The van der Waals surface area contributed by atoms with E-state index in [9.17, 15) is 0 Å². The largest absolute Gasteiger partial charge is 0.354 e. The third kappa shape index (κ3) is 2.92. The first kappa shape index (κ1) is 13.1. The first-order chi connectivity index (χ1) is 8.60. The van der Waals surface area contributed by atoms with Gasteiger partial charge >= 0.3 is 0 Å². The van der Waals surface area contributed by atoms with Crippen molar-refractivity contribution in [3.05, 3.63) is 56.5 Å². The Morgan fingerprint density at radius 3 is 2.22 bits per heavy atom. The van der Waals surface area contributed by atoms with Gasteiger partial charge in [-0.1, -0.05) is 31.9 Å². The molecule has 0 aliphatic carbocycles. The van der Waals surface area contributed by atoms with Gasteiger partial charge in [0.1, 0.15) is 6.07 Å². The van der Waals surface area contributed by atoms with Crippen LogP contribution in [0.25, 0.3) is 0 Å². The van der Waals surface area contributed by atoms with Gasteiger partial charge in [0, 0.05) is 14.6 Å². The molecule has 0 aliphatic rings. The average molecular weight is 366 g/mol. The zero-order chi connectivity index (χ0) is 13.1. The summed E-state index contributed by atoms with van der Waals surface area (Å²) in [6.45, 7) is 2.03. The third-order valence-corrected chi connectivity index (χ3v) is 3.55. The van der Waals surface area contributed by atoms with Crippen LogP contribution in [0.5, 0.6) is 0 Å². The normalized spacial score (nSPS) is 9.89. The monoisotopic (exact) mass is 364 g/mol. The van der Waals surface area contributed by atoms with Crippen molar-refractivity contribution in [1.29, 1.82) is 5.26 Å². The highest BCUT2D eigenvalue weighted by molar-refractivity contribution is 9.10. The van der Waals surface area contributed by atoms with E-state index >= 15 is 0 Å². The predicted molar refractivity (Wildman–Crippen MR) is 81.0 cm³/mol. The molecule has 0 fully saturated rings. The molecule has 2 aromatic rings. The third-order valence-electron chi connectivity index (χ3n) is 2.56. The SMILES string of the molecule is Cc1cc(Br)ccc1Nc1ccc(Br)cc1C#N. The van der Waals surface area contributed by atoms with E-state index in [0.717, 1.165) is 25.9 Å². The maximum absolute atomic E-state index is 9.12. The van der Waals surface area contributed by atoms with Crippen LogP contribution in [0.1, 0.15) is 11.1 Å². The zero-order valence-electron chi connectivity index (χ0n) is 9.67. The molecule has 0 aliphatic heterocycles. The van der Waals surface area contributed by atoms with Gasteiger partial charge in [-0.05, 0) is 48.9 Å². The maximum Gasteiger partial charge on any atom is 0.101 e. The van der Waals surface area contributed by atoms with Gasteiger partial charge in [0.15, 0.2) is 0 Å². The number of halogens is 2. The number of nitriles is 1. The molecule has 2 rings (SSSR count). The molecule has 90 valence electrons. The van der Waals surface area contributed by atoms with Crippen LogP contribution in [-0.4, -0.2) is 0 Å². The van der Waals surface area contributed by atoms with Crippen LogP contribution < -0.4 is 5.32 Å². The Balaban J connectivity index is 2.37. The molecule has 18 heavy (non-hydrogen) atoms. The minimum atomic E-state index is 0.617. The predicted octanol–water partition coefficient (Wildman–Crippen LogP) is 5.14. The highest BCUT2D eigenvalue weighted by Gasteiger charge is 2.05. The second kappa shape index (κ2) is 5.55. The van der Waals surface area contributed by atoms with E-state index in [-0.39, 0.29) is 0 Å².